The molecular formula is C8H11N5O. The van der Waals surface area contributed by atoms with Gasteiger partial charge in [0.15, 0.2) is 5.65 Å². The minimum absolute atomic E-state index is 0.401. The molecule has 0 bridgehead atoms. The molecule has 6 nitrogen and oxygen atoms in total. The number of hydrogen-bond donors (Lipinski definition) is 2. The third-order valence-electron chi connectivity index (χ3n) is 1.80. The maximum atomic E-state index is 9.11. The summed E-state index contributed by atoms with van der Waals surface area (Å²) in [5.74, 6) is 0.772. The third-order valence-corrected chi connectivity index (χ3v) is 1.80. The Morgan fingerprint density at radius 2 is 2.43 bits per heavy atom. The lowest BCUT2D eigenvalue weighted by molar-refractivity contribution is 0.208. The largest absolute Gasteiger partial charge is 0.392 e. The Bertz CT molecular complexity index is 424. The van der Waals surface area contributed by atoms with Crippen LogP contribution in [-0.2, 0) is 0 Å². The average molecular weight is 193 g/mol. The molecule has 0 fully saturated rings. The van der Waals surface area contributed by atoms with Gasteiger partial charge in [0.05, 0.1) is 18.5 Å². The van der Waals surface area contributed by atoms with Crippen LogP contribution in [0.15, 0.2) is 18.7 Å². The Morgan fingerprint density at radius 3 is 3.21 bits per heavy atom. The highest BCUT2D eigenvalue weighted by Gasteiger charge is 2.02. The molecule has 0 saturated carbocycles. The number of nitrogens with zero attached hydrogens (tertiary/aromatic N) is 4. The predicted octanol–water partition coefficient (Wildman–Crippen LogP) is -0.0830. The number of anilines is 1. The minimum atomic E-state index is -0.401. The quantitative estimate of drug-likeness (QED) is 0.713. The molecule has 2 N–H and O–H groups in total. The SMILES string of the molecule is CC(O)CNc1cncc2nncn12. The summed E-state index contributed by atoms with van der Waals surface area (Å²) in [5, 5.41) is 19.8. The molecule has 74 valence electrons. The minimum Gasteiger partial charge on any atom is -0.392 e. The highest BCUT2D eigenvalue weighted by molar-refractivity contribution is 5.45. The smallest absolute Gasteiger partial charge is 0.180 e. The molecule has 2 aromatic rings. The van der Waals surface area contributed by atoms with E-state index in [-0.39, 0.29) is 0 Å². The van der Waals surface area contributed by atoms with Crippen LogP contribution in [-0.4, -0.2) is 37.3 Å². The van der Waals surface area contributed by atoms with Crippen LogP contribution >= 0.6 is 0 Å². The van der Waals surface area contributed by atoms with Gasteiger partial charge in [0.1, 0.15) is 12.1 Å². The van der Waals surface area contributed by atoms with E-state index in [4.69, 9.17) is 5.11 Å². The first-order chi connectivity index (χ1) is 6.77. The molecule has 0 aliphatic rings. The van der Waals surface area contributed by atoms with Gasteiger partial charge in [0.2, 0.25) is 0 Å². The molecule has 0 aromatic carbocycles. The number of fused-ring (bicyclic) bond motifs is 1. The number of nitrogens with one attached hydrogen (secondary N) is 1. The molecule has 0 spiro atoms. The first-order valence-electron chi connectivity index (χ1n) is 4.33. The second kappa shape index (κ2) is 3.59. The number of aliphatic hydroxyl groups is 1. The lowest BCUT2D eigenvalue weighted by atomic mass is 10.4. The first kappa shape index (κ1) is 8.89. The van der Waals surface area contributed by atoms with E-state index in [9.17, 15) is 0 Å². The van der Waals surface area contributed by atoms with Gasteiger partial charge in [0, 0.05) is 6.54 Å². The van der Waals surface area contributed by atoms with Crippen LogP contribution in [0.4, 0.5) is 5.82 Å². The van der Waals surface area contributed by atoms with E-state index in [0.717, 1.165) is 5.82 Å². The van der Waals surface area contributed by atoms with Crippen molar-refractivity contribution in [1.82, 2.24) is 19.6 Å². The third kappa shape index (κ3) is 1.64. The Hall–Kier alpha value is -1.69. The summed E-state index contributed by atoms with van der Waals surface area (Å²) >= 11 is 0. The van der Waals surface area contributed by atoms with Crippen molar-refractivity contribution in [3.8, 4) is 0 Å². The van der Waals surface area contributed by atoms with Crippen molar-refractivity contribution in [3.63, 3.8) is 0 Å². The van der Waals surface area contributed by atoms with Gasteiger partial charge in [0.25, 0.3) is 0 Å². The molecule has 14 heavy (non-hydrogen) atoms. The van der Waals surface area contributed by atoms with E-state index in [1.165, 1.54) is 0 Å². The molecule has 0 aliphatic heterocycles. The van der Waals surface area contributed by atoms with Gasteiger partial charge in [-0.25, -0.2) is 0 Å². The molecule has 1 atom stereocenters. The standard InChI is InChI=1S/C8H11N5O/c1-6(14)2-10-7-3-9-4-8-12-11-5-13(7)8/h3-6,10,14H,2H2,1H3. The lowest BCUT2D eigenvalue weighted by Gasteiger charge is -2.08. The molecule has 0 amide bonds. The molecule has 2 aromatic heterocycles. The van der Waals surface area contributed by atoms with Gasteiger partial charge >= 0.3 is 0 Å². The molecule has 2 rings (SSSR count). The van der Waals surface area contributed by atoms with E-state index in [1.54, 1.807) is 30.0 Å². The van der Waals surface area contributed by atoms with E-state index < -0.39 is 6.10 Å². The summed E-state index contributed by atoms with van der Waals surface area (Å²) in [5.41, 5.74) is 0.681. The first-order valence-corrected chi connectivity index (χ1v) is 4.33. The molecule has 6 heteroatoms. The van der Waals surface area contributed by atoms with Gasteiger partial charge in [-0.05, 0) is 6.92 Å². The van der Waals surface area contributed by atoms with Gasteiger partial charge in [-0.3, -0.25) is 9.38 Å². The van der Waals surface area contributed by atoms with E-state index in [2.05, 4.69) is 20.5 Å². The maximum Gasteiger partial charge on any atom is 0.180 e. The number of rotatable bonds is 3. The monoisotopic (exact) mass is 193 g/mol. The van der Waals surface area contributed by atoms with Gasteiger partial charge < -0.3 is 10.4 Å². The fourth-order valence-corrected chi connectivity index (χ4v) is 1.14. The van der Waals surface area contributed by atoms with E-state index in [1.807, 2.05) is 0 Å². The summed E-state index contributed by atoms with van der Waals surface area (Å²) in [4.78, 5) is 4.00. The van der Waals surface area contributed by atoms with Crippen LogP contribution in [0.3, 0.4) is 0 Å². The average Bonchev–Trinajstić information content (AvgIpc) is 2.62. The van der Waals surface area contributed by atoms with Gasteiger partial charge in [-0.15, -0.1) is 10.2 Å². The molecule has 1 unspecified atom stereocenters. The highest BCUT2D eigenvalue weighted by atomic mass is 16.3. The van der Waals surface area contributed by atoms with Crippen LogP contribution < -0.4 is 5.32 Å². The Labute approximate surface area is 80.6 Å². The lowest BCUT2D eigenvalue weighted by Crippen LogP contribution is -2.16. The zero-order chi connectivity index (χ0) is 9.97. The van der Waals surface area contributed by atoms with Crippen LogP contribution in [0.2, 0.25) is 0 Å². The highest BCUT2D eigenvalue weighted by Crippen LogP contribution is 2.06. The van der Waals surface area contributed by atoms with Crippen molar-refractivity contribution in [3.05, 3.63) is 18.7 Å². The van der Waals surface area contributed by atoms with Crippen LogP contribution in [0, 0.1) is 0 Å². The fraction of sp³-hybridized carbons (Fsp3) is 0.375. The Morgan fingerprint density at radius 1 is 1.57 bits per heavy atom. The van der Waals surface area contributed by atoms with Crippen LogP contribution in [0.25, 0.3) is 5.65 Å². The van der Waals surface area contributed by atoms with Crippen molar-refractivity contribution >= 4 is 11.5 Å². The predicted molar refractivity (Wildman–Crippen MR) is 51.0 cm³/mol. The van der Waals surface area contributed by atoms with Crippen molar-refractivity contribution < 1.29 is 5.11 Å². The second-order valence-corrected chi connectivity index (χ2v) is 3.08. The molecule has 0 radical (unpaired) electrons. The Balaban J connectivity index is 2.27. The van der Waals surface area contributed by atoms with Crippen molar-refractivity contribution in [2.24, 2.45) is 0 Å². The van der Waals surface area contributed by atoms with E-state index >= 15 is 0 Å². The Kier molecular flexibility index (Phi) is 2.28. The normalized spacial score (nSPS) is 13.0. The van der Waals surface area contributed by atoms with Gasteiger partial charge in [-0.2, -0.15) is 0 Å². The summed E-state index contributed by atoms with van der Waals surface area (Å²) in [7, 11) is 0. The second-order valence-electron chi connectivity index (χ2n) is 3.08. The van der Waals surface area contributed by atoms with Crippen molar-refractivity contribution in [2.75, 3.05) is 11.9 Å². The van der Waals surface area contributed by atoms with E-state index in [0.29, 0.717) is 12.2 Å². The number of aromatic nitrogens is 4. The van der Waals surface area contributed by atoms with Crippen molar-refractivity contribution in [2.45, 2.75) is 13.0 Å². The van der Waals surface area contributed by atoms with Crippen molar-refractivity contribution in [1.29, 1.82) is 0 Å². The molecule has 0 saturated heterocycles. The molecule has 2 heterocycles. The zero-order valence-corrected chi connectivity index (χ0v) is 7.75. The molecule has 0 aliphatic carbocycles. The summed E-state index contributed by atoms with van der Waals surface area (Å²) in [6.07, 6.45) is 4.49. The van der Waals surface area contributed by atoms with Gasteiger partial charge in [-0.1, -0.05) is 0 Å². The van der Waals surface area contributed by atoms with Crippen LogP contribution in [0.5, 0.6) is 0 Å². The molecular weight excluding hydrogens is 182 g/mol. The zero-order valence-electron chi connectivity index (χ0n) is 7.75. The fourth-order valence-electron chi connectivity index (χ4n) is 1.14. The maximum absolute atomic E-state index is 9.11. The topological polar surface area (TPSA) is 75.3 Å². The summed E-state index contributed by atoms with van der Waals surface area (Å²) in [6.45, 7) is 2.19. The van der Waals surface area contributed by atoms with Crippen LogP contribution in [0.1, 0.15) is 6.92 Å². The summed E-state index contributed by atoms with van der Waals surface area (Å²) in [6, 6.07) is 0. The summed E-state index contributed by atoms with van der Waals surface area (Å²) < 4.78 is 1.77. The number of hydrogen-bond acceptors (Lipinski definition) is 5. The number of aliphatic hydroxyl groups excluding tert-OH is 1.